The molecule has 0 aliphatic carbocycles. The first-order valence-corrected chi connectivity index (χ1v) is 6.57. The van der Waals surface area contributed by atoms with Crippen molar-refractivity contribution in [2.75, 3.05) is 29.6 Å². The molecule has 1 fully saturated rings. The molecule has 0 bridgehead atoms. The average Bonchev–Trinajstić information content (AvgIpc) is 2.79. The Morgan fingerprint density at radius 3 is 2.84 bits per heavy atom. The lowest BCUT2D eigenvalue weighted by Gasteiger charge is -2.19. The Balaban J connectivity index is 2.39. The summed E-state index contributed by atoms with van der Waals surface area (Å²) in [4.78, 5) is 24.0. The molecule has 0 spiro atoms. The van der Waals surface area contributed by atoms with E-state index in [1.54, 1.807) is 18.0 Å². The van der Waals surface area contributed by atoms with Crippen LogP contribution in [-0.2, 0) is 4.79 Å². The van der Waals surface area contributed by atoms with Gasteiger partial charge in [0.15, 0.2) is 0 Å². The summed E-state index contributed by atoms with van der Waals surface area (Å²) in [5.41, 5.74) is 1.25. The minimum absolute atomic E-state index is 0.0175. The number of nitrogens with zero attached hydrogens (tertiary/aromatic N) is 2. The molecule has 102 valence electrons. The van der Waals surface area contributed by atoms with E-state index in [2.05, 4.69) is 17.9 Å². The van der Waals surface area contributed by atoms with Crippen LogP contribution in [0.3, 0.4) is 0 Å². The number of amides is 1. The van der Waals surface area contributed by atoms with Crippen molar-refractivity contribution in [2.45, 2.75) is 6.42 Å². The third-order valence-corrected chi connectivity index (χ3v) is 3.73. The summed E-state index contributed by atoms with van der Waals surface area (Å²) < 4.78 is 0. The molecule has 0 aromatic heterocycles. The van der Waals surface area contributed by atoms with Crippen molar-refractivity contribution in [2.24, 2.45) is 5.92 Å². The maximum absolute atomic E-state index is 12.0. The highest BCUT2D eigenvalue weighted by atomic mass is 32.1. The number of hydrogen-bond acceptors (Lipinski definition) is 5. The van der Waals surface area contributed by atoms with Crippen molar-refractivity contribution in [3.05, 3.63) is 28.3 Å². The summed E-state index contributed by atoms with van der Waals surface area (Å²) in [6.45, 7) is 0.554. The predicted molar refractivity (Wildman–Crippen MR) is 77.0 cm³/mol. The van der Waals surface area contributed by atoms with Crippen LogP contribution < -0.4 is 10.2 Å². The van der Waals surface area contributed by atoms with Crippen LogP contribution in [0.15, 0.2) is 18.2 Å². The van der Waals surface area contributed by atoms with Crippen molar-refractivity contribution in [3.63, 3.8) is 0 Å². The second-order valence-electron chi connectivity index (χ2n) is 4.47. The van der Waals surface area contributed by atoms with E-state index < -0.39 is 4.92 Å². The number of anilines is 2. The van der Waals surface area contributed by atoms with Crippen LogP contribution in [0.25, 0.3) is 0 Å². The summed E-state index contributed by atoms with van der Waals surface area (Å²) in [5.74, 6) is 0.808. The first-order valence-electron chi connectivity index (χ1n) is 5.94. The Hall–Kier alpha value is -1.76. The third kappa shape index (κ3) is 2.65. The number of thiol groups is 1. The van der Waals surface area contributed by atoms with Crippen LogP contribution in [-0.4, -0.2) is 30.2 Å². The molecule has 1 aliphatic rings. The Morgan fingerprint density at radius 1 is 1.58 bits per heavy atom. The molecule has 1 aromatic rings. The standard InChI is InChI=1S/C12H15N3O3S/c1-13-10-3-2-9(15(17)18)5-11(10)14-6-8(7-19)4-12(14)16/h2-3,5,8,13,19H,4,6-7H2,1H3. The molecule has 1 atom stereocenters. The van der Waals surface area contributed by atoms with Gasteiger partial charge >= 0.3 is 0 Å². The molecule has 1 amide bonds. The molecular formula is C12H15N3O3S. The zero-order valence-corrected chi connectivity index (χ0v) is 11.4. The molecular weight excluding hydrogens is 266 g/mol. The lowest BCUT2D eigenvalue weighted by Crippen LogP contribution is -2.25. The molecule has 1 heterocycles. The van der Waals surface area contributed by atoms with E-state index in [-0.39, 0.29) is 17.5 Å². The van der Waals surface area contributed by atoms with E-state index in [1.807, 2.05) is 0 Å². The van der Waals surface area contributed by atoms with Gasteiger partial charge in [-0.25, -0.2) is 0 Å². The largest absolute Gasteiger partial charge is 0.386 e. The second-order valence-corrected chi connectivity index (χ2v) is 4.83. The van der Waals surface area contributed by atoms with Gasteiger partial charge in [-0.1, -0.05) is 0 Å². The molecule has 1 saturated heterocycles. The highest BCUT2D eigenvalue weighted by Crippen LogP contribution is 2.34. The number of rotatable bonds is 4. The van der Waals surface area contributed by atoms with Gasteiger partial charge in [-0.2, -0.15) is 12.6 Å². The molecule has 6 nitrogen and oxygen atoms in total. The number of carbonyl (C=O) groups is 1. The van der Waals surface area contributed by atoms with E-state index in [0.717, 1.165) is 0 Å². The van der Waals surface area contributed by atoms with E-state index in [1.165, 1.54) is 12.1 Å². The van der Waals surface area contributed by atoms with Gasteiger partial charge in [-0.05, 0) is 17.7 Å². The van der Waals surface area contributed by atoms with Gasteiger partial charge in [0.25, 0.3) is 5.69 Å². The monoisotopic (exact) mass is 281 g/mol. The quantitative estimate of drug-likeness (QED) is 0.502. The number of hydrogen-bond donors (Lipinski definition) is 2. The summed E-state index contributed by atoms with van der Waals surface area (Å²) >= 11 is 4.21. The van der Waals surface area contributed by atoms with E-state index in [4.69, 9.17) is 0 Å². The fourth-order valence-electron chi connectivity index (χ4n) is 2.21. The molecule has 7 heteroatoms. The van der Waals surface area contributed by atoms with Gasteiger partial charge in [0.1, 0.15) is 0 Å². The fourth-order valence-corrected chi connectivity index (χ4v) is 2.45. The maximum Gasteiger partial charge on any atom is 0.271 e. The Labute approximate surface area is 116 Å². The van der Waals surface area contributed by atoms with Crippen molar-refractivity contribution in [1.82, 2.24) is 0 Å². The van der Waals surface area contributed by atoms with Crippen molar-refractivity contribution in [1.29, 1.82) is 0 Å². The van der Waals surface area contributed by atoms with Gasteiger partial charge in [-0.3, -0.25) is 14.9 Å². The first-order chi connectivity index (χ1) is 9.06. The molecule has 1 aromatic carbocycles. The van der Waals surface area contributed by atoms with Crippen LogP contribution in [0.4, 0.5) is 17.1 Å². The zero-order valence-electron chi connectivity index (χ0n) is 10.5. The molecule has 19 heavy (non-hydrogen) atoms. The third-order valence-electron chi connectivity index (χ3n) is 3.22. The minimum Gasteiger partial charge on any atom is -0.386 e. The summed E-state index contributed by atoms with van der Waals surface area (Å²) in [5, 5.41) is 13.8. The van der Waals surface area contributed by atoms with E-state index >= 15 is 0 Å². The minimum atomic E-state index is -0.459. The molecule has 1 aliphatic heterocycles. The van der Waals surface area contributed by atoms with E-state index in [0.29, 0.717) is 30.1 Å². The highest BCUT2D eigenvalue weighted by Gasteiger charge is 2.31. The lowest BCUT2D eigenvalue weighted by molar-refractivity contribution is -0.384. The van der Waals surface area contributed by atoms with Gasteiger partial charge in [0.2, 0.25) is 5.91 Å². The molecule has 1 unspecified atom stereocenters. The Morgan fingerprint density at radius 2 is 2.32 bits per heavy atom. The van der Waals surface area contributed by atoms with Crippen LogP contribution in [0, 0.1) is 16.0 Å². The van der Waals surface area contributed by atoms with Crippen molar-refractivity contribution in [3.8, 4) is 0 Å². The van der Waals surface area contributed by atoms with Gasteiger partial charge in [0.05, 0.1) is 16.3 Å². The number of nitrogens with one attached hydrogen (secondary N) is 1. The molecule has 2 rings (SSSR count). The highest BCUT2D eigenvalue weighted by molar-refractivity contribution is 7.80. The Kier molecular flexibility index (Phi) is 3.94. The Bertz CT molecular complexity index is 521. The molecule has 1 N–H and O–H groups in total. The number of nitro groups is 1. The summed E-state index contributed by atoms with van der Waals surface area (Å²) in [6, 6.07) is 4.48. The van der Waals surface area contributed by atoms with Crippen molar-refractivity contribution < 1.29 is 9.72 Å². The molecule has 0 saturated carbocycles. The normalized spacial score (nSPS) is 18.7. The van der Waals surface area contributed by atoms with Gasteiger partial charge in [0, 0.05) is 32.1 Å². The number of benzene rings is 1. The lowest BCUT2D eigenvalue weighted by atomic mass is 10.1. The number of non-ortho nitro benzene ring substituents is 1. The van der Waals surface area contributed by atoms with Crippen molar-refractivity contribution >= 4 is 35.6 Å². The predicted octanol–water partition coefficient (Wildman–Crippen LogP) is 1.92. The number of nitro benzene ring substituents is 1. The average molecular weight is 281 g/mol. The van der Waals surface area contributed by atoms with Crippen LogP contribution in [0.2, 0.25) is 0 Å². The first kappa shape index (κ1) is 13.7. The topological polar surface area (TPSA) is 75.5 Å². The summed E-state index contributed by atoms with van der Waals surface area (Å²) in [7, 11) is 1.72. The molecule has 0 radical (unpaired) electrons. The SMILES string of the molecule is CNc1ccc([N+](=O)[O-])cc1N1CC(CS)CC1=O. The smallest absolute Gasteiger partial charge is 0.271 e. The van der Waals surface area contributed by atoms with Crippen LogP contribution in [0.1, 0.15) is 6.42 Å². The second kappa shape index (κ2) is 5.48. The number of carbonyl (C=O) groups excluding carboxylic acids is 1. The van der Waals surface area contributed by atoms with E-state index in [9.17, 15) is 14.9 Å². The van der Waals surface area contributed by atoms with Gasteiger partial charge in [-0.15, -0.1) is 0 Å². The van der Waals surface area contributed by atoms with Crippen LogP contribution >= 0.6 is 12.6 Å². The zero-order chi connectivity index (χ0) is 14.0. The van der Waals surface area contributed by atoms with Crippen LogP contribution in [0.5, 0.6) is 0 Å². The van der Waals surface area contributed by atoms with Gasteiger partial charge < -0.3 is 10.2 Å². The maximum atomic E-state index is 12.0. The fraction of sp³-hybridized carbons (Fsp3) is 0.417. The summed E-state index contributed by atoms with van der Waals surface area (Å²) in [6.07, 6.45) is 0.440.